The summed E-state index contributed by atoms with van der Waals surface area (Å²) in [5.74, 6) is 0.616. The Morgan fingerprint density at radius 1 is 1.53 bits per heavy atom. The van der Waals surface area contributed by atoms with Gasteiger partial charge in [-0.05, 0) is 25.5 Å². The minimum absolute atomic E-state index is 0.103. The maximum atomic E-state index is 12.2. The predicted octanol–water partition coefficient (Wildman–Crippen LogP) is 1.79. The molecule has 0 radical (unpaired) electrons. The van der Waals surface area contributed by atoms with Crippen LogP contribution in [-0.2, 0) is 4.79 Å². The summed E-state index contributed by atoms with van der Waals surface area (Å²) < 4.78 is 5.13. The topological polar surface area (TPSA) is 55.6 Å². The van der Waals surface area contributed by atoms with Gasteiger partial charge in [0.2, 0.25) is 5.91 Å². The summed E-state index contributed by atoms with van der Waals surface area (Å²) in [7, 11) is 3.32. The van der Waals surface area contributed by atoms with Crippen molar-refractivity contribution in [2.75, 3.05) is 19.1 Å². The van der Waals surface area contributed by atoms with E-state index in [1.54, 1.807) is 26.0 Å². The monoisotopic (exact) mass is 236 g/mol. The number of hydrogen-bond acceptors (Lipinski definition) is 3. The van der Waals surface area contributed by atoms with Crippen molar-refractivity contribution in [2.45, 2.75) is 25.8 Å². The molecule has 17 heavy (non-hydrogen) atoms. The third-order valence-electron chi connectivity index (χ3n) is 2.97. The molecule has 0 saturated heterocycles. The predicted molar refractivity (Wildman–Crippen MR) is 69.3 cm³/mol. The maximum absolute atomic E-state index is 12.2. The molecular weight excluding hydrogens is 216 g/mol. The third kappa shape index (κ3) is 2.97. The molecule has 1 unspecified atom stereocenters. The first-order valence-corrected chi connectivity index (χ1v) is 5.63. The van der Waals surface area contributed by atoms with Crippen LogP contribution < -0.4 is 15.4 Å². The molecule has 0 saturated carbocycles. The van der Waals surface area contributed by atoms with Crippen molar-refractivity contribution in [3.8, 4) is 5.75 Å². The second-order valence-corrected chi connectivity index (χ2v) is 4.34. The molecule has 2 N–H and O–H groups in total. The molecule has 4 heteroatoms. The summed E-state index contributed by atoms with van der Waals surface area (Å²) in [6, 6.07) is 7.34. The lowest BCUT2D eigenvalue weighted by Gasteiger charge is -2.28. The number of hydrogen-bond donors (Lipinski definition) is 1. The van der Waals surface area contributed by atoms with Crippen LogP contribution in [-0.4, -0.2) is 25.6 Å². The second kappa shape index (κ2) is 5.19. The van der Waals surface area contributed by atoms with Crippen LogP contribution in [0.4, 0.5) is 5.69 Å². The summed E-state index contributed by atoms with van der Waals surface area (Å²) in [6.45, 7) is 3.64. The molecule has 0 aromatic heterocycles. The van der Waals surface area contributed by atoms with E-state index in [9.17, 15) is 4.79 Å². The first-order valence-electron chi connectivity index (χ1n) is 5.63. The summed E-state index contributed by atoms with van der Waals surface area (Å²) in [5, 5.41) is 0. The number of likely N-dealkylation sites (N-methyl/N-ethyl adjacent to an activating group) is 1. The van der Waals surface area contributed by atoms with Crippen molar-refractivity contribution in [2.24, 2.45) is 5.73 Å². The van der Waals surface area contributed by atoms with Crippen molar-refractivity contribution in [3.63, 3.8) is 0 Å². The summed E-state index contributed by atoms with van der Waals surface area (Å²) in [4.78, 5) is 13.7. The SMILES string of the molecule is CCC(C)(N)C(=O)N(C)c1cccc(OC)c1. The van der Waals surface area contributed by atoms with Gasteiger partial charge >= 0.3 is 0 Å². The van der Waals surface area contributed by atoms with Gasteiger partial charge in [-0.1, -0.05) is 13.0 Å². The van der Waals surface area contributed by atoms with E-state index >= 15 is 0 Å². The average molecular weight is 236 g/mol. The molecule has 94 valence electrons. The summed E-state index contributed by atoms with van der Waals surface area (Å²) in [6.07, 6.45) is 0.597. The van der Waals surface area contributed by atoms with Crippen LogP contribution in [0, 0.1) is 0 Å². The third-order valence-corrected chi connectivity index (χ3v) is 2.97. The van der Waals surface area contributed by atoms with E-state index < -0.39 is 5.54 Å². The number of carbonyl (C=O) groups is 1. The highest BCUT2D eigenvalue weighted by Gasteiger charge is 2.29. The number of methoxy groups -OCH3 is 1. The Labute approximate surface area is 102 Å². The average Bonchev–Trinajstić information content (AvgIpc) is 2.37. The highest BCUT2D eigenvalue weighted by atomic mass is 16.5. The number of benzene rings is 1. The Morgan fingerprint density at radius 2 is 2.18 bits per heavy atom. The highest BCUT2D eigenvalue weighted by molar-refractivity contribution is 5.99. The zero-order valence-electron chi connectivity index (χ0n) is 10.9. The van der Waals surface area contributed by atoms with Gasteiger partial charge in [-0.25, -0.2) is 0 Å². The number of anilines is 1. The van der Waals surface area contributed by atoms with E-state index in [2.05, 4.69) is 0 Å². The lowest BCUT2D eigenvalue weighted by molar-refractivity contribution is -0.122. The lowest BCUT2D eigenvalue weighted by Crippen LogP contribution is -2.51. The number of carbonyl (C=O) groups excluding carboxylic acids is 1. The number of nitrogens with two attached hydrogens (primary N) is 1. The van der Waals surface area contributed by atoms with Crippen molar-refractivity contribution < 1.29 is 9.53 Å². The smallest absolute Gasteiger partial charge is 0.246 e. The van der Waals surface area contributed by atoms with Gasteiger partial charge < -0.3 is 15.4 Å². The van der Waals surface area contributed by atoms with Gasteiger partial charge in [0.25, 0.3) is 0 Å². The van der Waals surface area contributed by atoms with Crippen LogP contribution in [0.1, 0.15) is 20.3 Å². The maximum Gasteiger partial charge on any atom is 0.246 e. The Hall–Kier alpha value is -1.55. The lowest BCUT2D eigenvalue weighted by atomic mass is 9.98. The van der Waals surface area contributed by atoms with Gasteiger partial charge in [-0.3, -0.25) is 4.79 Å². The molecule has 1 atom stereocenters. The fourth-order valence-corrected chi connectivity index (χ4v) is 1.47. The molecule has 1 aromatic rings. The van der Waals surface area contributed by atoms with Gasteiger partial charge in [0.15, 0.2) is 0 Å². The Balaban J connectivity index is 2.96. The van der Waals surface area contributed by atoms with E-state index in [0.29, 0.717) is 6.42 Å². The molecule has 0 aliphatic carbocycles. The Bertz CT molecular complexity index is 402. The molecule has 0 bridgehead atoms. The fraction of sp³-hybridized carbons (Fsp3) is 0.462. The van der Waals surface area contributed by atoms with Crippen LogP contribution in [0.3, 0.4) is 0 Å². The van der Waals surface area contributed by atoms with Crippen molar-refractivity contribution >= 4 is 11.6 Å². The molecule has 0 aliphatic rings. The zero-order chi connectivity index (χ0) is 13.1. The van der Waals surface area contributed by atoms with Gasteiger partial charge in [0, 0.05) is 18.8 Å². The minimum atomic E-state index is -0.835. The van der Waals surface area contributed by atoms with Crippen LogP contribution in [0.5, 0.6) is 5.75 Å². The minimum Gasteiger partial charge on any atom is -0.497 e. The molecule has 1 rings (SSSR count). The van der Waals surface area contributed by atoms with Gasteiger partial charge in [0.05, 0.1) is 12.6 Å². The molecular formula is C13H20N2O2. The van der Waals surface area contributed by atoms with E-state index in [1.165, 1.54) is 0 Å². The van der Waals surface area contributed by atoms with Crippen LogP contribution >= 0.6 is 0 Å². The van der Waals surface area contributed by atoms with Crippen molar-refractivity contribution in [1.82, 2.24) is 0 Å². The van der Waals surface area contributed by atoms with Crippen LogP contribution in [0.2, 0.25) is 0 Å². The molecule has 0 spiro atoms. The fourth-order valence-electron chi connectivity index (χ4n) is 1.47. The highest BCUT2D eigenvalue weighted by Crippen LogP contribution is 2.22. The number of amides is 1. The molecule has 4 nitrogen and oxygen atoms in total. The van der Waals surface area contributed by atoms with Crippen LogP contribution in [0.15, 0.2) is 24.3 Å². The van der Waals surface area contributed by atoms with Crippen molar-refractivity contribution in [1.29, 1.82) is 0 Å². The Morgan fingerprint density at radius 3 is 2.71 bits per heavy atom. The van der Waals surface area contributed by atoms with Crippen LogP contribution in [0.25, 0.3) is 0 Å². The quantitative estimate of drug-likeness (QED) is 0.867. The first kappa shape index (κ1) is 13.5. The zero-order valence-corrected chi connectivity index (χ0v) is 10.9. The summed E-state index contributed by atoms with van der Waals surface area (Å²) in [5.41, 5.74) is 5.89. The first-order chi connectivity index (χ1) is 7.92. The molecule has 1 aromatic carbocycles. The Kier molecular flexibility index (Phi) is 4.12. The number of nitrogens with zero attached hydrogens (tertiary/aromatic N) is 1. The largest absolute Gasteiger partial charge is 0.497 e. The summed E-state index contributed by atoms with van der Waals surface area (Å²) >= 11 is 0. The molecule has 0 fully saturated rings. The normalized spacial score (nSPS) is 13.9. The van der Waals surface area contributed by atoms with Crippen molar-refractivity contribution in [3.05, 3.63) is 24.3 Å². The van der Waals surface area contributed by atoms with E-state index in [-0.39, 0.29) is 5.91 Å². The number of ether oxygens (including phenoxy) is 1. The number of rotatable bonds is 4. The standard InChI is InChI=1S/C13H20N2O2/c1-5-13(2,14)12(16)15(3)10-7-6-8-11(9-10)17-4/h6-9H,5,14H2,1-4H3. The van der Waals surface area contributed by atoms with Gasteiger partial charge in [-0.15, -0.1) is 0 Å². The molecule has 1 amide bonds. The van der Waals surface area contributed by atoms with Gasteiger partial charge in [0.1, 0.15) is 5.75 Å². The van der Waals surface area contributed by atoms with E-state index in [0.717, 1.165) is 11.4 Å². The van der Waals surface area contributed by atoms with Gasteiger partial charge in [-0.2, -0.15) is 0 Å². The van der Waals surface area contributed by atoms with E-state index in [4.69, 9.17) is 10.5 Å². The second-order valence-electron chi connectivity index (χ2n) is 4.34. The molecule has 0 heterocycles. The van der Waals surface area contributed by atoms with E-state index in [1.807, 2.05) is 31.2 Å². The molecule has 0 aliphatic heterocycles.